The largest absolute Gasteiger partial charge is 0.497 e. The maximum Gasteiger partial charge on any atom is 0.253 e. The van der Waals surface area contributed by atoms with Crippen molar-refractivity contribution in [1.82, 2.24) is 4.90 Å². The molecule has 166 valence electrons. The summed E-state index contributed by atoms with van der Waals surface area (Å²) in [6.07, 6.45) is 3.58. The minimum atomic E-state index is -0.578. The number of ether oxygens (including phenoxy) is 2. The van der Waals surface area contributed by atoms with Gasteiger partial charge < -0.3 is 19.7 Å². The molecule has 2 aromatic rings. The molecule has 3 aliphatic rings. The van der Waals surface area contributed by atoms with E-state index in [0.717, 1.165) is 24.1 Å². The van der Waals surface area contributed by atoms with Crippen molar-refractivity contribution in [3.05, 3.63) is 53.1 Å². The van der Waals surface area contributed by atoms with E-state index in [0.29, 0.717) is 61.4 Å². The van der Waals surface area contributed by atoms with Gasteiger partial charge in [0, 0.05) is 49.7 Å². The average Bonchev–Trinajstić information content (AvgIpc) is 2.98. The van der Waals surface area contributed by atoms with Crippen LogP contribution in [0.5, 0.6) is 11.5 Å². The molecule has 0 atom stereocenters. The lowest BCUT2D eigenvalue weighted by Gasteiger charge is -2.44. The maximum absolute atomic E-state index is 13.2. The first-order chi connectivity index (χ1) is 15.5. The van der Waals surface area contributed by atoms with E-state index in [9.17, 15) is 14.4 Å². The molecule has 32 heavy (non-hydrogen) atoms. The highest BCUT2D eigenvalue weighted by molar-refractivity contribution is 6.01. The summed E-state index contributed by atoms with van der Waals surface area (Å²) in [5.41, 5.74) is 2.44. The molecule has 1 saturated heterocycles. The number of likely N-dealkylation sites (tertiary alicyclic amines) is 1. The zero-order valence-electron chi connectivity index (χ0n) is 18.1. The average molecular weight is 434 g/mol. The zero-order valence-corrected chi connectivity index (χ0v) is 18.1. The maximum atomic E-state index is 13.2. The molecule has 0 radical (unpaired) electrons. The van der Waals surface area contributed by atoms with Crippen molar-refractivity contribution >= 4 is 23.3 Å². The number of rotatable bonds is 2. The van der Waals surface area contributed by atoms with Crippen molar-refractivity contribution in [3.63, 3.8) is 0 Å². The molecule has 3 heterocycles. The summed E-state index contributed by atoms with van der Waals surface area (Å²) in [7, 11) is 1.59. The van der Waals surface area contributed by atoms with Gasteiger partial charge in [0.25, 0.3) is 5.91 Å². The molecular formula is C25H26N2O5. The standard InChI is InChI=1S/C25H26N2O5/c1-31-18-6-7-19-21(28)15-25(32-22(19)14-18)9-11-27(12-10-25)24(30)17-5-8-20-16(13-17)3-2-4-23(29)26-20/h5-8,13-14H,2-4,9-12,15H2,1H3,(H,26,29). The van der Waals surface area contributed by atoms with Gasteiger partial charge in [0.15, 0.2) is 5.78 Å². The third-order valence-corrected chi connectivity index (χ3v) is 6.74. The smallest absolute Gasteiger partial charge is 0.253 e. The van der Waals surface area contributed by atoms with Gasteiger partial charge in [0.05, 0.1) is 19.1 Å². The fraction of sp³-hybridized carbons (Fsp3) is 0.400. The monoisotopic (exact) mass is 434 g/mol. The minimum Gasteiger partial charge on any atom is -0.497 e. The van der Waals surface area contributed by atoms with E-state index in [1.54, 1.807) is 31.4 Å². The Morgan fingerprint density at radius 2 is 1.91 bits per heavy atom. The van der Waals surface area contributed by atoms with Gasteiger partial charge >= 0.3 is 0 Å². The number of amides is 2. The Kier molecular flexibility index (Phi) is 5.12. The van der Waals surface area contributed by atoms with Crippen molar-refractivity contribution in [1.29, 1.82) is 0 Å². The van der Waals surface area contributed by atoms with Crippen LogP contribution in [0.2, 0.25) is 0 Å². The Morgan fingerprint density at radius 1 is 1.09 bits per heavy atom. The molecule has 0 aliphatic carbocycles. The van der Waals surface area contributed by atoms with Gasteiger partial charge in [-0.15, -0.1) is 0 Å². The molecule has 0 bridgehead atoms. The number of carbonyl (C=O) groups is 3. The van der Waals surface area contributed by atoms with Gasteiger partial charge in [-0.1, -0.05) is 0 Å². The molecule has 7 heteroatoms. The zero-order chi connectivity index (χ0) is 22.3. The second-order valence-electron chi connectivity index (χ2n) is 8.81. The van der Waals surface area contributed by atoms with Crippen LogP contribution in [0.3, 0.4) is 0 Å². The van der Waals surface area contributed by atoms with Crippen LogP contribution in [0.25, 0.3) is 0 Å². The molecule has 5 rings (SSSR count). The van der Waals surface area contributed by atoms with Crippen molar-refractivity contribution in [2.45, 2.75) is 44.1 Å². The Hall–Kier alpha value is -3.35. The molecule has 7 nitrogen and oxygen atoms in total. The lowest BCUT2D eigenvalue weighted by atomic mass is 9.82. The predicted molar refractivity (Wildman–Crippen MR) is 118 cm³/mol. The first-order valence-corrected chi connectivity index (χ1v) is 11.1. The van der Waals surface area contributed by atoms with E-state index in [2.05, 4.69) is 5.32 Å². The molecular weight excluding hydrogens is 408 g/mol. The van der Waals surface area contributed by atoms with E-state index < -0.39 is 5.60 Å². The van der Waals surface area contributed by atoms with E-state index >= 15 is 0 Å². The normalized spacial score (nSPS) is 19.3. The summed E-state index contributed by atoms with van der Waals surface area (Å²) in [6, 6.07) is 10.8. The van der Waals surface area contributed by atoms with Crippen molar-refractivity contribution in [2.75, 3.05) is 25.5 Å². The number of nitrogens with zero attached hydrogens (tertiary/aromatic N) is 1. The topological polar surface area (TPSA) is 84.9 Å². The lowest BCUT2D eigenvalue weighted by Crippen LogP contribution is -2.52. The predicted octanol–water partition coefficient (Wildman–Crippen LogP) is 3.61. The van der Waals surface area contributed by atoms with Crippen LogP contribution in [0.1, 0.15) is 58.4 Å². The van der Waals surface area contributed by atoms with Crippen LogP contribution in [0.4, 0.5) is 5.69 Å². The summed E-state index contributed by atoms with van der Waals surface area (Å²) < 4.78 is 11.6. The van der Waals surface area contributed by atoms with Crippen LogP contribution in [-0.4, -0.2) is 48.3 Å². The SMILES string of the molecule is COc1ccc2c(c1)OC1(CCN(C(=O)c3ccc4c(c3)CCCC(=O)N4)CC1)CC2=O. The van der Waals surface area contributed by atoms with E-state index in [1.807, 2.05) is 17.0 Å². The lowest BCUT2D eigenvalue weighted by molar-refractivity contribution is -0.116. The number of Topliss-reactive ketones (excluding diaryl/α,β-unsaturated/α-hetero) is 1. The number of aryl methyl sites for hydroxylation is 1. The summed E-state index contributed by atoms with van der Waals surface area (Å²) in [5.74, 6) is 1.28. The number of hydrogen-bond acceptors (Lipinski definition) is 5. The number of piperidine rings is 1. The quantitative estimate of drug-likeness (QED) is 0.781. The van der Waals surface area contributed by atoms with E-state index in [-0.39, 0.29) is 17.6 Å². The van der Waals surface area contributed by atoms with Crippen molar-refractivity contribution in [2.24, 2.45) is 0 Å². The molecule has 0 unspecified atom stereocenters. The Morgan fingerprint density at radius 3 is 2.69 bits per heavy atom. The number of methoxy groups -OCH3 is 1. The van der Waals surface area contributed by atoms with Gasteiger partial charge in [-0.25, -0.2) is 0 Å². The minimum absolute atomic E-state index is 0.0189. The number of fused-ring (bicyclic) bond motifs is 2. The Bertz CT molecular complexity index is 1100. The number of hydrogen-bond donors (Lipinski definition) is 1. The number of ketones is 1. The van der Waals surface area contributed by atoms with Gasteiger partial charge in [0.2, 0.25) is 5.91 Å². The number of anilines is 1. The van der Waals surface area contributed by atoms with E-state index in [4.69, 9.17) is 9.47 Å². The van der Waals surface area contributed by atoms with Crippen LogP contribution in [0, 0.1) is 0 Å². The summed E-state index contributed by atoms with van der Waals surface area (Å²) in [6.45, 7) is 1.05. The fourth-order valence-corrected chi connectivity index (χ4v) is 4.89. The second kappa shape index (κ2) is 7.97. The molecule has 1 N–H and O–H groups in total. The Balaban J connectivity index is 1.29. The van der Waals surface area contributed by atoms with Crippen LogP contribution in [-0.2, 0) is 11.2 Å². The van der Waals surface area contributed by atoms with Crippen molar-refractivity contribution < 1.29 is 23.9 Å². The highest BCUT2D eigenvalue weighted by Gasteiger charge is 2.44. The van der Waals surface area contributed by atoms with Gasteiger partial charge in [-0.3, -0.25) is 14.4 Å². The third kappa shape index (κ3) is 3.72. The molecule has 0 saturated carbocycles. The highest BCUT2D eigenvalue weighted by atomic mass is 16.5. The van der Waals surface area contributed by atoms with Crippen LogP contribution in [0.15, 0.2) is 36.4 Å². The second-order valence-corrected chi connectivity index (χ2v) is 8.81. The molecule has 2 aromatic carbocycles. The fourth-order valence-electron chi connectivity index (χ4n) is 4.89. The molecule has 1 spiro atoms. The third-order valence-electron chi connectivity index (χ3n) is 6.74. The molecule has 3 aliphatic heterocycles. The number of benzene rings is 2. The number of nitrogens with one attached hydrogen (secondary N) is 1. The molecule has 2 amide bonds. The molecule has 0 aromatic heterocycles. The van der Waals surface area contributed by atoms with Crippen molar-refractivity contribution in [3.8, 4) is 11.5 Å². The van der Waals surface area contributed by atoms with Gasteiger partial charge in [0.1, 0.15) is 17.1 Å². The number of carbonyl (C=O) groups excluding carboxylic acids is 3. The first-order valence-electron chi connectivity index (χ1n) is 11.1. The van der Waals surface area contributed by atoms with Gasteiger partial charge in [-0.05, 0) is 48.7 Å². The molecule has 1 fully saturated rings. The van der Waals surface area contributed by atoms with Crippen LogP contribution >= 0.6 is 0 Å². The highest BCUT2D eigenvalue weighted by Crippen LogP contribution is 2.41. The summed E-state index contributed by atoms with van der Waals surface area (Å²) >= 11 is 0. The summed E-state index contributed by atoms with van der Waals surface area (Å²) in [5, 5.41) is 2.91. The van der Waals surface area contributed by atoms with Crippen LogP contribution < -0.4 is 14.8 Å². The Labute approximate surface area is 186 Å². The van der Waals surface area contributed by atoms with Gasteiger partial charge in [-0.2, -0.15) is 0 Å². The first kappa shape index (κ1) is 20.5. The van der Waals surface area contributed by atoms with E-state index in [1.165, 1.54) is 0 Å². The summed E-state index contributed by atoms with van der Waals surface area (Å²) in [4.78, 5) is 39.5.